The lowest BCUT2D eigenvalue weighted by Gasteiger charge is -2.07. The quantitative estimate of drug-likeness (QED) is 0.479. The monoisotopic (exact) mass is 156 g/mol. The maximum absolute atomic E-state index is 8.93. The number of rotatable bonds is 5. The Hall–Kier alpha value is -0.300. The molecule has 0 rings (SSSR count). The highest BCUT2D eigenvalue weighted by Crippen LogP contribution is 2.10. The molecule has 0 heterocycles. The highest BCUT2D eigenvalue weighted by atomic mass is 16.3. The summed E-state index contributed by atoms with van der Waals surface area (Å²) in [6.45, 7) is 6.64. The van der Waals surface area contributed by atoms with E-state index < -0.39 is 0 Å². The van der Waals surface area contributed by atoms with E-state index in [1.54, 1.807) is 0 Å². The summed E-state index contributed by atoms with van der Waals surface area (Å²) in [4.78, 5) is 0. The lowest BCUT2D eigenvalue weighted by Crippen LogP contribution is -1.98. The molecular weight excluding hydrogens is 136 g/mol. The zero-order valence-electron chi connectivity index (χ0n) is 7.93. The maximum Gasteiger partial charge on any atom is 0.0644 e. The number of aliphatic hydroxyl groups is 1. The summed E-state index contributed by atoms with van der Waals surface area (Å²) < 4.78 is 0. The molecule has 0 amide bonds. The van der Waals surface area contributed by atoms with Gasteiger partial charge in [-0.2, -0.15) is 0 Å². The second-order valence-electron chi connectivity index (χ2n) is 3.23. The zero-order chi connectivity index (χ0) is 8.69. The number of aliphatic hydroxyl groups excluding tert-OH is 1. The van der Waals surface area contributed by atoms with Crippen molar-refractivity contribution in [1.29, 1.82) is 0 Å². The van der Waals surface area contributed by atoms with Gasteiger partial charge in [-0.1, -0.05) is 39.7 Å². The van der Waals surface area contributed by atoms with E-state index >= 15 is 0 Å². The maximum atomic E-state index is 8.93. The van der Waals surface area contributed by atoms with Gasteiger partial charge in [-0.3, -0.25) is 0 Å². The van der Waals surface area contributed by atoms with Crippen LogP contribution in [-0.4, -0.2) is 11.7 Å². The van der Waals surface area contributed by atoms with Crippen molar-refractivity contribution in [2.24, 2.45) is 5.92 Å². The van der Waals surface area contributed by atoms with Gasteiger partial charge in [0.05, 0.1) is 6.61 Å². The molecule has 0 aliphatic carbocycles. The van der Waals surface area contributed by atoms with E-state index in [9.17, 15) is 0 Å². The third kappa shape index (κ3) is 5.02. The fourth-order valence-corrected chi connectivity index (χ4v) is 0.974. The Bertz CT molecular complexity index is 114. The van der Waals surface area contributed by atoms with Crippen LogP contribution in [0.1, 0.15) is 40.0 Å². The van der Waals surface area contributed by atoms with Gasteiger partial charge in [0.25, 0.3) is 0 Å². The van der Waals surface area contributed by atoms with Crippen LogP contribution in [0.5, 0.6) is 0 Å². The molecule has 0 spiro atoms. The molecule has 0 aromatic carbocycles. The number of hydrogen-bond donors (Lipinski definition) is 1. The first-order valence-electron chi connectivity index (χ1n) is 4.52. The minimum Gasteiger partial charge on any atom is -0.392 e. The molecule has 0 saturated carbocycles. The van der Waals surface area contributed by atoms with E-state index in [-0.39, 0.29) is 6.61 Å². The summed E-state index contributed by atoms with van der Waals surface area (Å²) in [6, 6.07) is 0. The molecule has 0 radical (unpaired) electrons. The van der Waals surface area contributed by atoms with Gasteiger partial charge in [-0.15, -0.1) is 0 Å². The summed E-state index contributed by atoms with van der Waals surface area (Å²) >= 11 is 0. The van der Waals surface area contributed by atoms with E-state index in [0.717, 1.165) is 6.42 Å². The largest absolute Gasteiger partial charge is 0.392 e. The van der Waals surface area contributed by atoms with Crippen LogP contribution in [0.4, 0.5) is 0 Å². The molecule has 11 heavy (non-hydrogen) atoms. The van der Waals surface area contributed by atoms with Crippen molar-refractivity contribution in [2.45, 2.75) is 40.0 Å². The Morgan fingerprint density at radius 1 is 1.45 bits per heavy atom. The average molecular weight is 156 g/mol. The molecule has 0 unspecified atom stereocenters. The van der Waals surface area contributed by atoms with Gasteiger partial charge in [0.1, 0.15) is 0 Å². The van der Waals surface area contributed by atoms with Gasteiger partial charge in [-0.25, -0.2) is 0 Å². The van der Waals surface area contributed by atoms with Gasteiger partial charge in [0, 0.05) is 0 Å². The third-order valence-corrected chi connectivity index (χ3v) is 1.89. The number of allylic oxidation sites excluding steroid dienone is 1. The Balaban J connectivity index is 3.71. The van der Waals surface area contributed by atoms with E-state index in [4.69, 9.17) is 5.11 Å². The van der Waals surface area contributed by atoms with Gasteiger partial charge in [0.2, 0.25) is 0 Å². The Morgan fingerprint density at radius 2 is 2.09 bits per heavy atom. The second-order valence-corrected chi connectivity index (χ2v) is 3.23. The first kappa shape index (κ1) is 10.7. The average Bonchev–Trinajstić information content (AvgIpc) is 1.97. The number of unbranched alkanes of at least 4 members (excludes halogenated alkanes) is 2. The zero-order valence-corrected chi connectivity index (χ0v) is 7.93. The highest BCUT2D eigenvalue weighted by molar-refractivity contribution is 5.04. The Morgan fingerprint density at radius 3 is 2.45 bits per heavy atom. The molecule has 0 atom stereocenters. The third-order valence-electron chi connectivity index (χ3n) is 1.89. The smallest absolute Gasteiger partial charge is 0.0644 e. The molecular formula is C10H20O. The SMILES string of the molecule is CCCCC=C(CO)C(C)C. The Labute approximate surface area is 70.1 Å². The molecule has 1 N–H and O–H groups in total. The topological polar surface area (TPSA) is 20.2 Å². The van der Waals surface area contributed by atoms with Crippen molar-refractivity contribution in [1.82, 2.24) is 0 Å². The molecule has 0 bridgehead atoms. The van der Waals surface area contributed by atoms with Crippen LogP contribution in [0.2, 0.25) is 0 Å². The minimum atomic E-state index is 0.224. The molecule has 66 valence electrons. The van der Waals surface area contributed by atoms with Gasteiger partial charge >= 0.3 is 0 Å². The predicted molar refractivity (Wildman–Crippen MR) is 49.5 cm³/mol. The Kier molecular flexibility index (Phi) is 6.24. The highest BCUT2D eigenvalue weighted by Gasteiger charge is 1.99. The summed E-state index contributed by atoms with van der Waals surface area (Å²) in [7, 11) is 0. The molecule has 0 aromatic heterocycles. The lowest BCUT2D eigenvalue weighted by molar-refractivity contribution is 0.318. The molecule has 0 saturated heterocycles. The number of hydrogen-bond acceptors (Lipinski definition) is 1. The predicted octanol–water partition coefficient (Wildman–Crippen LogP) is 2.75. The van der Waals surface area contributed by atoms with Crippen LogP contribution < -0.4 is 0 Å². The first-order valence-corrected chi connectivity index (χ1v) is 4.52. The van der Waals surface area contributed by atoms with Crippen molar-refractivity contribution < 1.29 is 5.11 Å². The molecule has 1 nitrogen and oxygen atoms in total. The van der Waals surface area contributed by atoms with E-state index in [1.165, 1.54) is 18.4 Å². The van der Waals surface area contributed by atoms with E-state index in [2.05, 4.69) is 26.8 Å². The lowest BCUT2D eigenvalue weighted by atomic mass is 10.0. The van der Waals surface area contributed by atoms with Gasteiger partial charge < -0.3 is 5.11 Å². The summed E-state index contributed by atoms with van der Waals surface area (Å²) in [6.07, 6.45) is 5.75. The van der Waals surface area contributed by atoms with E-state index in [0.29, 0.717) is 5.92 Å². The van der Waals surface area contributed by atoms with Crippen LogP contribution in [0.3, 0.4) is 0 Å². The van der Waals surface area contributed by atoms with Crippen LogP contribution in [-0.2, 0) is 0 Å². The van der Waals surface area contributed by atoms with Crippen LogP contribution in [0.15, 0.2) is 11.6 Å². The molecule has 1 heteroatoms. The van der Waals surface area contributed by atoms with Crippen molar-refractivity contribution in [3.8, 4) is 0 Å². The standard InChI is InChI=1S/C10H20O/c1-4-5-6-7-10(8-11)9(2)3/h7,9,11H,4-6,8H2,1-3H3. The van der Waals surface area contributed by atoms with Crippen molar-refractivity contribution in [3.63, 3.8) is 0 Å². The molecule has 0 fully saturated rings. The van der Waals surface area contributed by atoms with Crippen molar-refractivity contribution in [2.75, 3.05) is 6.61 Å². The van der Waals surface area contributed by atoms with Crippen LogP contribution >= 0.6 is 0 Å². The van der Waals surface area contributed by atoms with Crippen molar-refractivity contribution in [3.05, 3.63) is 11.6 Å². The second kappa shape index (κ2) is 6.41. The summed E-state index contributed by atoms with van der Waals surface area (Å²) in [5.41, 5.74) is 1.18. The van der Waals surface area contributed by atoms with Gasteiger partial charge in [0.15, 0.2) is 0 Å². The fraction of sp³-hybridized carbons (Fsp3) is 0.800. The molecule has 0 aliphatic rings. The van der Waals surface area contributed by atoms with Gasteiger partial charge in [-0.05, 0) is 17.9 Å². The van der Waals surface area contributed by atoms with Crippen LogP contribution in [0, 0.1) is 5.92 Å². The van der Waals surface area contributed by atoms with Crippen molar-refractivity contribution >= 4 is 0 Å². The normalized spacial score (nSPS) is 12.6. The first-order chi connectivity index (χ1) is 5.22. The van der Waals surface area contributed by atoms with Crippen LogP contribution in [0.25, 0.3) is 0 Å². The molecule has 0 aliphatic heterocycles. The summed E-state index contributed by atoms with van der Waals surface area (Å²) in [5, 5.41) is 8.93. The fourth-order valence-electron chi connectivity index (χ4n) is 0.974. The van der Waals surface area contributed by atoms with E-state index in [1.807, 2.05) is 0 Å². The summed E-state index contributed by atoms with van der Waals surface area (Å²) in [5.74, 6) is 0.497. The molecule has 0 aromatic rings. The minimum absolute atomic E-state index is 0.224.